The summed E-state index contributed by atoms with van der Waals surface area (Å²) < 4.78 is 0. The van der Waals surface area contributed by atoms with Crippen molar-refractivity contribution in [2.75, 3.05) is 5.32 Å². The van der Waals surface area contributed by atoms with E-state index in [0.717, 1.165) is 11.3 Å². The number of nitrogens with one attached hydrogen (secondary N) is 1. The van der Waals surface area contributed by atoms with Gasteiger partial charge in [-0.1, -0.05) is 41.4 Å². The van der Waals surface area contributed by atoms with E-state index in [1.807, 2.05) is 47.2 Å². The van der Waals surface area contributed by atoms with Crippen molar-refractivity contribution >= 4 is 46.2 Å². The van der Waals surface area contributed by atoms with Gasteiger partial charge in [0.2, 0.25) is 5.95 Å². The van der Waals surface area contributed by atoms with Gasteiger partial charge in [0.05, 0.1) is 5.56 Å². The van der Waals surface area contributed by atoms with Crippen molar-refractivity contribution in [2.45, 2.75) is 0 Å². The number of hydrogen-bond acceptors (Lipinski definition) is 4. The highest BCUT2D eigenvalue weighted by Gasteiger charge is 2.14. The smallest absolute Gasteiger partial charge is 0.230 e. The summed E-state index contributed by atoms with van der Waals surface area (Å²) in [6.45, 7) is 0. The molecule has 0 saturated carbocycles. The number of aromatic nitrogens is 2. The molecule has 0 atom stereocenters. The number of para-hydroxylation sites is 1. The van der Waals surface area contributed by atoms with Gasteiger partial charge in [-0.25, -0.2) is 9.97 Å². The van der Waals surface area contributed by atoms with Gasteiger partial charge in [0.1, 0.15) is 10.3 Å². The lowest BCUT2D eigenvalue weighted by atomic mass is 10.2. The molecule has 3 nitrogen and oxygen atoms in total. The molecular formula is C14H9Cl2N3S. The summed E-state index contributed by atoms with van der Waals surface area (Å²) >= 11 is 14.0. The molecule has 0 unspecified atom stereocenters. The summed E-state index contributed by atoms with van der Waals surface area (Å²) in [6.07, 6.45) is 0. The van der Waals surface area contributed by atoms with E-state index in [-0.39, 0.29) is 0 Å². The van der Waals surface area contributed by atoms with E-state index in [4.69, 9.17) is 23.2 Å². The molecule has 0 saturated heterocycles. The van der Waals surface area contributed by atoms with Gasteiger partial charge in [-0.05, 0) is 34.5 Å². The molecule has 1 N–H and O–H groups in total. The summed E-state index contributed by atoms with van der Waals surface area (Å²) in [5.74, 6) is 0.380. The number of thiophene rings is 1. The van der Waals surface area contributed by atoms with Crippen LogP contribution in [0, 0.1) is 0 Å². The molecule has 0 aliphatic heterocycles. The van der Waals surface area contributed by atoms with Crippen LogP contribution in [-0.4, -0.2) is 9.97 Å². The van der Waals surface area contributed by atoms with Crippen LogP contribution >= 0.6 is 34.5 Å². The lowest BCUT2D eigenvalue weighted by Gasteiger charge is -2.08. The molecule has 1 aromatic carbocycles. The van der Waals surface area contributed by atoms with Crippen molar-refractivity contribution in [2.24, 2.45) is 0 Å². The van der Waals surface area contributed by atoms with Gasteiger partial charge in [-0.2, -0.15) is 11.3 Å². The second-order valence-corrected chi connectivity index (χ2v) is 5.50. The SMILES string of the molecule is Clc1nc(Nc2ccccc2)nc(Cl)c1-c1ccsc1. The number of anilines is 2. The number of rotatable bonds is 3. The monoisotopic (exact) mass is 321 g/mol. The second-order valence-electron chi connectivity index (χ2n) is 4.01. The number of halogens is 2. The standard InChI is InChI=1S/C14H9Cl2N3S/c15-12-11(9-6-7-20-8-9)13(16)19-14(18-12)17-10-4-2-1-3-5-10/h1-8H,(H,17,18,19). The van der Waals surface area contributed by atoms with Gasteiger partial charge in [-0.3, -0.25) is 0 Å². The fraction of sp³-hybridized carbons (Fsp3) is 0. The molecule has 0 amide bonds. The highest BCUT2D eigenvalue weighted by molar-refractivity contribution is 7.08. The summed E-state index contributed by atoms with van der Waals surface area (Å²) in [5.41, 5.74) is 2.47. The van der Waals surface area contributed by atoms with Crippen LogP contribution in [0.3, 0.4) is 0 Å². The molecule has 100 valence electrons. The van der Waals surface area contributed by atoms with E-state index in [1.165, 1.54) is 0 Å². The van der Waals surface area contributed by atoms with Crippen molar-refractivity contribution in [3.8, 4) is 11.1 Å². The molecule has 0 spiro atoms. The van der Waals surface area contributed by atoms with Crippen LogP contribution in [0.25, 0.3) is 11.1 Å². The fourth-order valence-corrected chi connectivity index (χ4v) is 3.01. The molecule has 20 heavy (non-hydrogen) atoms. The molecular weight excluding hydrogens is 313 g/mol. The van der Waals surface area contributed by atoms with Crippen LogP contribution in [0.2, 0.25) is 10.3 Å². The van der Waals surface area contributed by atoms with Crippen LogP contribution in [0.15, 0.2) is 47.2 Å². The first-order valence-electron chi connectivity index (χ1n) is 5.82. The van der Waals surface area contributed by atoms with E-state index >= 15 is 0 Å². The highest BCUT2D eigenvalue weighted by Crippen LogP contribution is 2.34. The van der Waals surface area contributed by atoms with Crippen LogP contribution in [0.1, 0.15) is 0 Å². The molecule has 0 aliphatic rings. The Morgan fingerprint density at radius 1 is 0.950 bits per heavy atom. The zero-order chi connectivity index (χ0) is 13.9. The third kappa shape index (κ3) is 2.77. The van der Waals surface area contributed by atoms with E-state index in [9.17, 15) is 0 Å². The molecule has 0 bridgehead atoms. The highest BCUT2D eigenvalue weighted by atomic mass is 35.5. The summed E-state index contributed by atoms with van der Waals surface area (Å²) in [4.78, 5) is 8.50. The van der Waals surface area contributed by atoms with Gasteiger partial charge in [0.15, 0.2) is 0 Å². The van der Waals surface area contributed by atoms with Crippen LogP contribution in [-0.2, 0) is 0 Å². The molecule has 2 heterocycles. The Bertz CT molecular complexity index is 692. The van der Waals surface area contributed by atoms with Gasteiger partial charge in [0.25, 0.3) is 0 Å². The first-order valence-corrected chi connectivity index (χ1v) is 7.51. The number of nitrogens with zero attached hydrogens (tertiary/aromatic N) is 2. The summed E-state index contributed by atoms with van der Waals surface area (Å²) in [5, 5.41) is 7.66. The Labute approximate surface area is 130 Å². The van der Waals surface area contributed by atoms with E-state index in [2.05, 4.69) is 15.3 Å². The summed E-state index contributed by atoms with van der Waals surface area (Å²) in [7, 11) is 0. The van der Waals surface area contributed by atoms with Crippen molar-refractivity contribution in [3.05, 3.63) is 57.5 Å². The third-order valence-electron chi connectivity index (χ3n) is 2.66. The lowest BCUT2D eigenvalue weighted by molar-refractivity contribution is 1.17. The van der Waals surface area contributed by atoms with Gasteiger partial charge < -0.3 is 5.32 Å². The van der Waals surface area contributed by atoms with E-state index < -0.39 is 0 Å². The molecule has 0 radical (unpaired) electrons. The van der Waals surface area contributed by atoms with Gasteiger partial charge >= 0.3 is 0 Å². The second kappa shape index (κ2) is 5.79. The zero-order valence-electron chi connectivity index (χ0n) is 10.2. The number of benzene rings is 1. The van der Waals surface area contributed by atoms with Crippen molar-refractivity contribution < 1.29 is 0 Å². The molecule has 0 fully saturated rings. The Morgan fingerprint density at radius 2 is 1.65 bits per heavy atom. The third-order valence-corrected chi connectivity index (χ3v) is 3.89. The van der Waals surface area contributed by atoms with Crippen LogP contribution < -0.4 is 5.32 Å². The molecule has 6 heteroatoms. The molecule has 3 aromatic rings. The predicted octanol–water partition coefficient (Wildman–Crippen LogP) is 5.26. The quantitative estimate of drug-likeness (QED) is 0.669. The van der Waals surface area contributed by atoms with Crippen LogP contribution in [0.5, 0.6) is 0 Å². The van der Waals surface area contributed by atoms with Gasteiger partial charge in [0, 0.05) is 5.69 Å². The minimum Gasteiger partial charge on any atom is -0.324 e. The molecule has 2 aromatic heterocycles. The minimum absolute atomic E-state index is 0.335. The average molecular weight is 322 g/mol. The predicted molar refractivity (Wildman–Crippen MR) is 85.1 cm³/mol. The average Bonchev–Trinajstić information content (AvgIpc) is 2.93. The Kier molecular flexibility index (Phi) is 3.87. The van der Waals surface area contributed by atoms with Gasteiger partial charge in [-0.15, -0.1) is 0 Å². The Balaban J connectivity index is 1.96. The summed E-state index contributed by atoms with van der Waals surface area (Å²) in [6, 6.07) is 11.5. The molecule has 0 aliphatic carbocycles. The van der Waals surface area contributed by atoms with Crippen molar-refractivity contribution in [1.82, 2.24) is 9.97 Å². The van der Waals surface area contributed by atoms with Crippen molar-refractivity contribution in [1.29, 1.82) is 0 Å². The first-order chi connectivity index (χ1) is 9.74. The Morgan fingerprint density at radius 3 is 2.25 bits per heavy atom. The normalized spacial score (nSPS) is 10.5. The van der Waals surface area contributed by atoms with Crippen LogP contribution in [0.4, 0.5) is 11.6 Å². The fourth-order valence-electron chi connectivity index (χ4n) is 1.76. The first kappa shape index (κ1) is 13.4. The number of hydrogen-bond donors (Lipinski definition) is 1. The maximum atomic E-state index is 6.22. The minimum atomic E-state index is 0.335. The lowest BCUT2D eigenvalue weighted by Crippen LogP contribution is -1.99. The van der Waals surface area contributed by atoms with E-state index in [1.54, 1.807) is 11.3 Å². The maximum absolute atomic E-state index is 6.22. The largest absolute Gasteiger partial charge is 0.324 e. The Hall–Kier alpha value is -1.62. The molecule has 3 rings (SSSR count). The van der Waals surface area contributed by atoms with Crippen molar-refractivity contribution in [3.63, 3.8) is 0 Å². The van der Waals surface area contributed by atoms with E-state index in [0.29, 0.717) is 21.8 Å². The zero-order valence-corrected chi connectivity index (χ0v) is 12.5. The maximum Gasteiger partial charge on any atom is 0.230 e. The topological polar surface area (TPSA) is 37.8 Å².